The van der Waals surface area contributed by atoms with E-state index in [1.165, 1.54) is 6.92 Å². The van der Waals surface area contributed by atoms with Gasteiger partial charge in [-0.1, -0.05) is 6.92 Å². The number of imide groups is 1. The van der Waals surface area contributed by atoms with Gasteiger partial charge >= 0.3 is 12.0 Å². The first-order valence-corrected chi connectivity index (χ1v) is 9.02. The van der Waals surface area contributed by atoms with Crippen molar-refractivity contribution in [2.75, 3.05) is 32.8 Å². The first-order valence-electron chi connectivity index (χ1n) is 9.02. The Morgan fingerprint density at radius 2 is 1.59 bits per heavy atom. The molecule has 1 saturated heterocycles. The van der Waals surface area contributed by atoms with Crippen LogP contribution in [-0.2, 0) is 23.9 Å². The fourth-order valence-electron chi connectivity index (χ4n) is 2.38. The quantitative estimate of drug-likeness (QED) is 0.577. The van der Waals surface area contributed by atoms with E-state index in [0.717, 1.165) is 0 Å². The number of esters is 1. The van der Waals surface area contributed by atoms with E-state index in [1.54, 1.807) is 16.7 Å². The number of nitrogens with one attached hydrogen (secondary N) is 2. The third-order valence-corrected chi connectivity index (χ3v) is 4.23. The van der Waals surface area contributed by atoms with E-state index in [4.69, 9.17) is 4.74 Å². The minimum Gasteiger partial charge on any atom is -0.456 e. The lowest BCUT2D eigenvalue weighted by molar-refractivity contribution is -0.150. The summed E-state index contributed by atoms with van der Waals surface area (Å²) in [6, 6.07) is -0.728. The van der Waals surface area contributed by atoms with Crippen molar-refractivity contribution in [1.29, 1.82) is 0 Å². The molecule has 0 unspecified atom stereocenters. The topological polar surface area (TPSA) is 125 Å². The second kappa shape index (κ2) is 11.1. The minimum absolute atomic E-state index is 0.0261. The zero-order chi connectivity index (χ0) is 20.4. The maximum atomic E-state index is 12.1. The van der Waals surface area contributed by atoms with Gasteiger partial charge in [0.05, 0.1) is 6.42 Å². The SMILES string of the molecule is CC[C@H](C)NC(=O)NC(=O)COC(=O)CCC(=O)N1CCN(C(C)=O)CC1. The molecule has 0 radical (unpaired) electrons. The number of carbonyl (C=O) groups excluding carboxylic acids is 5. The zero-order valence-corrected chi connectivity index (χ0v) is 16.1. The van der Waals surface area contributed by atoms with E-state index < -0.39 is 24.5 Å². The highest BCUT2D eigenvalue weighted by Gasteiger charge is 2.23. The van der Waals surface area contributed by atoms with Gasteiger partial charge in [0.1, 0.15) is 0 Å². The van der Waals surface area contributed by atoms with Crippen LogP contribution in [0, 0.1) is 0 Å². The minimum atomic E-state index is -0.740. The smallest absolute Gasteiger partial charge is 0.321 e. The Morgan fingerprint density at radius 3 is 2.15 bits per heavy atom. The third kappa shape index (κ3) is 8.52. The number of hydrogen-bond acceptors (Lipinski definition) is 6. The molecule has 1 heterocycles. The number of hydrogen-bond donors (Lipinski definition) is 2. The summed E-state index contributed by atoms with van der Waals surface area (Å²) in [5.74, 6) is -1.66. The molecule has 1 aliphatic rings. The van der Waals surface area contributed by atoms with Gasteiger partial charge in [0.15, 0.2) is 6.61 Å². The van der Waals surface area contributed by atoms with Gasteiger partial charge in [-0.3, -0.25) is 24.5 Å². The highest BCUT2D eigenvalue weighted by molar-refractivity contribution is 5.95. The normalized spacial score (nSPS) is 14.9. The van der Waals surface area contributed by atoms with Crippen LogP contribution in [0.1, 0.15) is 40.0 Å². The van der Waals surface area contributed by atoms with Crippen LogP contribution >= 0.6 is 0 Å². The van der Waals surface area contributed by atoms with Crippen LogP contribution in [0.25, 0.3) is 0 Å². The Hall–Kier alpha value is -2.65. The number of amides is 5. The Bertz CT molecular complexity index is 572. The van der Waals surface area contributed by atoms with Crippen molar-refractivity contribution in [3.8, 4) is 0 Å². The molecule has 0 aromatic rings. The molecule has 0 aliphatic carbocycles. The molecule has 27 heavy (non-hydrogen) atoms. The van der Waals surface area contributed by atoms with Gasteiger partial charge < -0.3 is 19.9 Å². The van der Waals surface area contributed by atoms with Gasteiger partial charge in [0.2, 0.25) is 11.8 Å². The average Bonchev–Trinajstić information content (AvgIpc) is 2.64. The van der Waals surface area contributed by atoms with E-state index >= 15 is 0 Å². The van der Waals surface area contributed by atoms with Gasteiger partial charge in [-0.15, -0.1) is 0 Å². The van der Waals surface area contributed by atoms with Crippen LogP contribution in [0.4, 0.5) is 4.79 Å². The fraction of sp³-hybridized carbons (Fsp3) is 0.706. The molecular formula is C17H28N4O6. The molecule has 1 aliphatic heterocycles. The van der Waals surface area contributed by atoms with Crippen molar-refractivity contribution < 1.29 is 28.7 Å². The molecule has 10 heteroatoms. The standard InChI is InChI=1S/C17H28N4O6/c1-4-12(2)18-17(26)19-14(23)11-27-16(25)6-5-15(24)21-9-7-20(8-10-21)13(3)22/h12H,4-11H2,1-3H3,(H2,18,19,23,26)/t12-/m0/s1. The molecular weight excluding hydrogens is 356 g/mol. The number of nitrogens with zero attached hydrogens (tertiary/aromatic N) is 2. The van der Waals surface area contributed by atoms with E-state index in [9.17, 15) is 24.0 Å². The molecule has 1 fully saturated rings. The monoisotopic (exact) mass is 384 g/mol. The van der Waals surface area contributed by atoms with Crippen molar-refractivity contribution in [3.63, 3.8) is 0 Å². The van der Waals surface area contributed by atoms with E-state index in [-0.39, 0.29) is 30.7 Å². The Morgan fingerprint density at radius 1 is 1.00 bits per heavy atom. The van der Waals surface area contributed by atoms with Gasteiger partial charge in [0.25, 0.3) is 5.91 Å². The molecule has 152 valence electrons. The summed E-state index contributed by atoms with van der Waals surface area (Å²) in [5.41, 5.74) is 0. The molecule has 0 spiro atoms. The van der Waals surface area contributed by atoms with Crippen molar-refractivity contribution in [2.24, 2.45) is 0 Å². The summed E-state index contributed by atoms with van der Waals surface area (Å²) in [5, 5.41) is 4.61. The fourth-order valence-corrected chi connectivity index (χ4v) is 2.38. The second-order valence-electron chi connectivity index (χ2n) is 6.38. The molecule has 1 rings (SSSR count). The predicted octanol–water partition coefficient (Wildman–Crippen LogP) is -0.375. The summed E-state index contributed by atoms with van der Waals surface area (Å²) in [4.78, 5) is 61.3. The molecule has 0 bridgehead atoms. The lowest BCUT2D eigenvalue weighted by Gasteiger charge is -2.34. The molecule has 1 atom stereocenters. The Balaban J connectivity index is 2.21. The van der Waals surface area contributed by atoms with E-state index in [0.29, 0.717) is 32.6 Å². The highest BCUT2D eigenvalue weighted by Crippen LogP contribution is 2.06. The number of urea groups is 1. The van der Waals surface area contributed by atoms with Gasteiger partial charge in [0, 0.05) is 45.6 Å². The van der Waals surface area contributed by atoms with Gasteiger partial charge in [-0.2, -0.15) is 0 Å². The summed E-state index contributed by atoms with van der Waals surface area (Å²) in [7, 11) is 0. The molecule has 0 aromatic heterocycles. The summed E-state index contributed by atoms with van der Waals surface area (Å²) in [6.07, 6.45) is 0.529. The number of carbonyl (C=O) groups is 5. The first-order chi connectivity index (χ1) is 12.7. The van der Waals surface area contributed by atoms with Crippen LogP contribution in [0.3, 0.4) is 0 Å². The molecule has 10 nitrogen and oxygen atoms in total. The first kappa shape index (κ1) is 22.4. The summed E-state index contributed by atoms with van der Waals surface area (Å²) >= 11 is 0. The zero-order valence-electron chi connectivity index (χ0n) is 16.1. The van der Waals surface area contributed by atoms with Crippen LogP contribution in [0.2, 0.25) is 0 Å². The largest absolute Gasteiger partial charge is 0.456 e. The summed E-state index contributed by atoms with van der Waals surface area (Å²) in [6.45, 7) is 6.40. The van der Waals surface area contributed by atoms with Crippen LogP contribution in [0.5, 0.6) is 0 Å². The van der Waals surface area contributed by atoms with Gasteiger partial charge in [-0.05, 0) is 13.3 Å². The highest BCUT2D eigenvalue weighted by atomic mass is 16.5. The summed E-state index contributed by atoms with van der Waals surface area (Å²) < 4.78 is 4.77. The van der Waals surface area contributed by atoms with Crippen molar-refractivity contribution >= 4 is 29.7 Å². The lowest BCUT2D eigenvalue weighted by Crippen LogP contribution is -2.50. The lowest BCUT2D eigenvalue weighted by atomic mass is 10.2. The Labute approximate surface area is 158 Å². The molecule has 0 aromatic carbocycles. The number of rotatable bonds is 7. The average molecular weight is 384 g/mol. The molecule has 0 saturated carbocycles. The van der Waals surface area contributed by atoms with Crippen molar-refractivity contribution in [2.45, 2.75) is 46.1 Å². The molecule has 2 N–H and O–H groups in total. The van der Waals surface area contributed by atoms with Gasteiger partial charge in [-0.25, -0.2) is 4.79 Å². The predicted molar refractivity (Wildman–Crippen MR) is 95.5 cm³/mol. The van der Waals surface area contributed by atoms with Crippen LogP contribution < -0.4 is 10.6 Å². The maximum Gasteiger partial charge on any atom is 0.321 e. The number of piperazine rings is 1. The maximum absolute atomic E-state index is 12.1. The second-order valence-corrected chi connectivity index (χ2v) is 6.38. The third-order valence-electron chi connectivity index (χ3n) is 4.23. The number of ether oxygens (including phenoxy) is 1. The van der Waals surface area contributed by atoms with Crippen molar-refractivity contribution in [1.82, 2.24) is 20.4 Å². The van der Waals surface area contributed by atoms with E-state index in [1.807, 2.05) is 6.92 Å². The molecule has 5 amide bonds. The van der Waals surface area contributed by atoms with Crippen LogP contribution in [-0.4, -0.2) is 78.3 Å². The van der Waals surface area contributed by atoms with Crippen LogP contribution in [0.15, 0.2) is 0 Å². The van der Waals surface area contributed by atoms with Crippen molar-refractivity contribution in [3.05, 3.63) is 0 Å². The Kier molecular flexibility index (Phi) is 9.24. The van der Waals surface area contributed by atoms with E-state index in [2.05, 4.69) is 10.6 Å².